The lowest BCUT2D eigenvalue weighted by atomic mass is 10.2. The predicted octanol–water partition coefficient (Wildman–Crippen LogP) is 4.94. The van der Waals surface area contributed by atoms with Gasteiger partial charge in [-0.3, -0.25) is 0 Å². The van der Waals surface area contributed by atoms with E-state index < -0.39 is 8.32 Å². The second-order valence-corrected chi connectivity index (χ2v) is 12.7. The van der Waals surface area contributed by atoms with Gasteiger partial charge >= 0.3 is 8.32 Å². The first-order valence-electron chi connectivity index (χ1n) is 8.64. The third-order valence-corrected chi connectivity index (χ3v) is 10.6. The largest absolute Gasteiger partial charge is 0.533 e. The maximum Gasteiger partial charge on any atom is 0.320 e. The fraction of sp³-hybridized carbons (Fsp3) is 0.182. The fourth-order valence-corrected chi connectivity index (χ4v) is 8.50. The Balaban J connectivity index is 2.29. The van der Waals surface area contributed by atoms with Gasteiger partial charge in [-0.2, -0.15) is 0 Å². The number of hydrogen-bond acceptors (Lipinski definition) is 2. The van der Waals surface area contributed by atoms with Crippen molar-refractivity contribution in [2.24, 2.45) is 0 Å². The maximum absolute atomic E-state index is 10.2. The van der Waals surface area contributed by atoms with Gasteiger partial charge in [-0.25, -0.2) is 0 Å². The number of aromatic hydroxyl groups is 1. The van der Waals surface area contributed by atoms with Crippen LogP contribution >= 0.6 is 22.6 Å². The number of phenolic OH excluding ortho intramolecular Hbond substituents is 1. The van der Waals surface area contributed by atoms with Crippen LogP contribution in [0.25, 0.3) is 0 Å². The molecule has 0 aliphatic carbocycles. The van der Waals surface area contributed by atoms with E-state index in [-0.39, 0.29) is 10.8 Å². The van der Waals surface area contributed by atoms with Crippen molar-refractivity contribution in [2.75, 3.05) is 0 Å². The summed E-state index contributed by atoms with van der Waals surface area (Å²) in [5.74, 6) is 0.987. The van der Waals surface area contributed by atoms with Gasteiger partial charge in [-0.05, 0) is 50.1 Å². The lowest BCUT2D eigenvalue weighted by molar-refractivity contribution is 0.459. The van der Waals surface area contributed by atoms with Gasteiger partial charge in [-0.1, -0.05) is 87.5 Å². The Hall–Kier alpha value is -1.79. The molecule has 2 nitrogen and oxygen atoms in total. The number of hydrogen-bond donors (Lipinski definition) is 1. The minimum absolute atomic E-state index is 0.107. The van der Waals surface area contributed by atoms with Gasteiger partial charge in [0.2, 0.25) is 0 Å². The number of halogens is 1. The summed E-state index contributed by atoms with van der Waals surface area (Å²) in [4.78, 5) is 0. The van der Waals surface area contributed by atoms with E-state index in [1.807, 2.05) is 24.3 Å². The molecular formula is C22H23IO2Si. The summed E-state index contributed by atoms with van der Waals surface area (Å²) in [6.45, 7) is 6.73. The number of rotatable bonds is 4. The van der Waals surface area contributed by atoms with Crippen LogP contribution in [0.3, 0.4) is 0 Å². The topological polar surface area (TPSA) is 29.5 Å². The van der Waals surface area contributed by atoms with Gasteiger partial charge in [0.15, 0.2) is 0 Å². The van der Waals surface area contributed by atoms with E-state index in [0.29, 0.717) is 0 Å². The van der Waals surface area contributed by atoms with Crippen molar-refractivity contribution in [1.82, 2.24) is 0 Å². The molecule has 0 aromatic heterocycles. The van der Waals surface area contributed by atoms with E-state index in [9.17, 15) is 5.11 Å². The Kier molecular flexibility index (Phi) is 5.44. The molecule has 0 unspecified atom stereocenters. The third-order valence-electron chi connectivity index (χ3n) is 4.62. The molecule has 0 aliphatic rings. The van der Waals surface area contributed by atoms with E-state index in [1.165, 1.54) is 10.4 Å². The summed E-state index contributed by atoms with van der Waals surface area (Å²) in [5, 5.41) is 12.5. The lowest BCUT2D eigenvalue weighted by Crippen LogP contribution is -2.68. The SMILES string of the molecule is CC(C)(C)[Si](Oc1cccc(O)c1I)(c1ccccc1)c1ccccc1. The molecule has 0 heterocycles. The molecule has 0 aliphatic heterocycles. The summed E-state index contributed by atoms with van der Waals surface area (Å²) in [6, 6.07) is 26.5. The van der Waals surface area contributed by atoms with Crippen LogP contribution in [-0.4, -0.2) is 13.4 Å². The van der Waals surface area contributed by atoms with Crippen molar-refractivity contribution in [3.05, 3.63) is 82.4 Å². The minimum Gasteiger partial charge on any atom is -0.533 e. The molecule has 134 valence electrons. The lowest BCUT2D eigenvalue weighted by Gasteiger charge is -2.43. The van der Waals surface area contributed by atoms with Crippen molar-refractivity contribution in [3.8, 4) is 11.5 Å². The maximum atomic E-state index is 10.2. The first-order valence-corrected chi connectivity index (χ1v) is 11.6. The van der Waals surface area contributed by atoms with Crippen LogP contribution in [0.1, 0.15) is 20.8 Å². The van der Waals surface area contributed by atoms with Crippen LogP contribution in [0, 0.1) is 3.57 Å². The highest BCUT2D eigenvalue weighted by Gasteiger charge is 2.52. The zero-order valence-electron chi connectivity index (χ0n) is 15.2. The quantitative estimate of drug-likeness (QED) is 0.429. The Morgan fingerprint density at radius 1 is 0.769 bits per heavy atom. The highest BCUT2D eigenvalue weighted by atomic mass is 127. The molecule has 3 rings (SSSR count). The van der Waals surface area contributed by atoms with E-state index >= 15 is 0 Å². The third kappa shape index (κ3) is 3.40. The average molecular weight is 474 g/mol. The predicted molar refractivity (Wildman–Crippen MR) is 119 cm³/mol. The normalized spacial score (nSPS) is 12.0. The first-order chi connectivity index (χ1) is 12.4. The molecule has 0 fully saturated rings. The first kappa shape index (κ1) is 19.0. The smallest absolute Gasteiger partial charge is 0.320 e. The molecule has 0 amide bonds. The van der Waals surface area contributed by atoms with Gasteiger partial charge in [-0.15, -0.1) is 0 Å². The molecule has 3 aromatic rings. The second-order valence-electron chi connectivity index (χ2n) is 7.35. The average Bonchev–Trinajstić information content (AvgIpc) is 2.63. The molecule has 1 N–H and O–H groups in total. The Labute approximate surface area is 170 Å². The Morgan fingerprint density at radius 2 is 1.27 bits per heavy atom. The van der Waals surface area contributed by atoms with Crippen LogP contribution < -0.4 is 14.8 Å². The van der Waals surface area contributed by atoms with Crippen molar-refractivity contribution in [2.45, 2.75) is 25.8 Å². The second kappa shape index (κ2) is 7.45. The van der Waals surface area contributed by atoms with Crippen molar-refractivity contribution < 1.29 is 9.53 Å². The Bertz CT molecular complexity index is 834. The molecule has 3 aromatic carbocycles. The number of phenols is 1. The fourth-order valence-electron chi connectivity index (χ4n) is 3.39. The standard InChI is InChI=1S/C22H23IO2Si/c1-22(2,3)26(17-11-6-4-7-12-17,18-13-8-5-9-14-18)25-20-16-10-15-19(24)21(20)23/h4-16,24H,1-3H3. The van der Waals surface area contributed by atoms with Gasteiger partial charge in [0.25, 0.3) is 0 Å². The molecule has 0 bridgehead atoms. The van der Waals surface area contributed by atoms with Gasteiger partial charge in [0.05, 0.1) is 3.57 Å². The van der Waals surface area contributed by atoms with Crippen molar-refractivity contribution >= 4 is 41.3 Å². The van der Waals surface area contributed by atoms with Crippen LogP contribution in [0.15, 0.2) is 78.9 Å². The zero-order valence-corrected chi connectivity index (χ0v) is 18.4. The van der Waals surface area contributed by atoms with Crippen LogP contribution in [0.2, 0.25) is 5.04 Å². The molecule has 0 atom stereocenters. The van der Waals surface area contributed by atoms with Crippen LogP contribution in [-0.2, 0) is 0 Å². The molecule has 4 heteroatoms. The monoisotopic (exact) mass is 474 g/mol. The zero-order chi connectivity index (χ0) is 18.8. The van der Waals surface area contributed by atoms with E-state index in [1.54, 1.807) is 6.07 Å². The molecule has 0 spiro atoms. The molecule has 0 radical (unpaired) electrons. The van der Waals surface area contributed by atoms with E-state index in [0.717, 1.165) is 9.32 Å². The summed E-state index contributed by atoms with van der Waals surface area (Å²) in [5.41, 5.74) is 0. The van der Waals surface area contributed by atoms with Gasteiger partial charge in [0.1, 0.15) is 11.5 Å². The van der Waals surface area contributed by atoms with Crippen molar-refractivity contribution in [3.63, 3.8) is 0 Å². The minimum atomic E-state index is -2.66. The Morgan fingerprint density at radius 3 is 1.73 bits per heavy atom. The molecular weight excluding hydrogens is 451 g/mol. The highest BCUT2D eigenvalue weighted by Crippen LogP contribution is 2.39. The summed E-state index contributed by atoms with van der Waals surface area (Å²) in [6.07, 6.45) is 0. The van der Waals surface area contributed by atoms with E-state index in [4.69, 9.17) is 4.43 Å². The summed E-state index contributed by atoms with van der Waals surface area (Å²) < 4.78 is 7.67. The molecule has 0 saturated carbocycles. The number of benzene rings is 3. The van der Waals surface area contributed by atoms with E-state index in [2.05, 4.69) is 91.9 Å². The summed E-state index contributed by atoms with van der Waals surface area (Å²) >= 11 is 2.16. The molecule has 26 heavy (non-hydrogen) atoms. The van der Waals surface area contributed by atoms with Gasteiger partial charge in [0, 0.05) is 0 Å². The van der Waals surface area contributed by atoms with Crippen LogP contribution in [0.4, 0.5) is 0 Å². The van der Waals surface area contributed by atoms with Crippen LogP contribution in [0.5, 0.6) is 11.5 Å². The van der Waals surface area contributed by atoms with Gasteiger partial charge < -0.3 is 9.53 Å². The van der Waals surface area contributed by atoms with Crippen molar-refractivity contribution in [1.29, 1.82) is 0 Å². The summed E-state index contributed by atoms with van der Waals surface area (Å²) in [7, 11) is -2.66. The molecule has 0 saturated heterocycles. The highest BCUT2D eigenvalue weighted by molar-refractivity contribution is 14.1.